The molecule has 0 aromatic heterocycles. The van der Waals surface area contributed by atoms with E-state index in [1.807, 2.05) is 25.1 Å². The first-order valence-corrected chi connectivity index (χ1v) is 6.32. The number of ether oxygens (including phenoxy) is 1. The Hall–Kier alpha value is -2.16. The Balaban J connectivity index is 2.10. The van der Waals surface area contributed by atoms with Crippen molar-refractivity contribution in [3.8, 4) is 0 Å². The highest BCUT2D eigenvalue weighted by Crippen LogP contribution is 2.36. The lowest BCUT2D eigenvalue weighted by Gasteiger charge is -2.32. The zero-order valence-electron chi connectivity index (χ0n) is 11.0. The average molecular weight is 253 g/mol. The normalized spacial score (nSPS) is 21.7. The number of nitrogens with zero attached hydrogens (tertiary/aromatic N) is 1. The van der Waals surface area contributed by atoms with Gasteiger partial charge in [0.05, 0.1) is 13.0 Å². The van der Waals surface area contributed by atoms with Crippen LogP contribution in [0.15, 0.2) is 47.5 Å². The molecular weight excluding hydrogens is 238 g/mol. The maximum atomic E-state index is 11.7. The summed E-state index contributed by atoms with van der Waals surface area (Å²) >= 11 is 0. The highest BCUT2D eigenvalue weighted by molar-refractivity contribution is 6.04. The molecule has 0 aliphatic carbocycles. The Morgan fingerprint density at radius 2 is 1.89 bits per heavy atom. The summed E-state index contributed by atoms with van der Waals surface area (Å²) in [5, 5.41) is 2.36. The molecule has 0 saturated carbocycles. The molecule has 0 amide bonds. The lowest BCUT2D eigenvalue weighted by Crippen LogP contribution is -2.40. The summed E-state index contributed by atoms with van der Waals surface area (Å²) in [4.78, 5) is 16.0. The molecule has 2 aromatic rings. The van der Waals surface area contributed by atoms with E-state index in [0.29, 0.717) is 0 Å². The molecule has 1 heterocycles. The molecular formula is C16H15NO2. The molecule has 96 valence electrons. The fourth-order valence-corrected chi connectivity index (χ4v) is 2.75. The van der Waals surface area contributed by atoms with E-state index in [4.69, 9.17) is 4.74 Å². The van der Waals surface area contributed by atoms with Crippen molar-refractivity contribution in [3.05, 3.63) is 48.0 Å². The van der Waals surface area contributed by atoms with E-state index in [9.17, 15) is 4.79 Å². The van der Waals surface area contributed by atoms with E-state index in [1.54, 1.807) is 0 Å². The number of aliphatic imine (C=N–C) groups is 1. The molecule has 2 atom stereocenters. The lowest BCUT2D eigenvalue weighted by atomic mass is 9.80. The van der Waals surface area contributed by atoms with Gasteiger partial charge >= 0.3 is 5.97 Å². The number of esters is 1. The van der Waals surface area contributed by atoms with Gasteiger partial charge in [0.1, 0.15) is 0 Å². The van der Waals surface area contributed by atoms with Gasteiger partial charge in [-0.1, -0.05) is 42.5 Å². The van der Waals surface area contributed by atoms with Crippen LogP contribution in [0, 0.1) is 0 Å². The van der Waals surface area contributed by atoms with Crippen LogP contribution in [-0.2, 0) is 9.53 Å². The second kappa shape index (κ2) is 4.50. The minimum Gasteiger partial charge on any atom is -0.467 e. The molecule has 3 rings (SSSR count). The first kappa shape index (κ1) is 11.9. The fourth-order valence-electron chi connectivity index (χ4n) is 2.75. The molecule has 3 heteroatoms. The predicted molar refractivity (Wildman–Crippen MR) is 75.6 cm³/mol. The van der Waals surface area contributed by atoms with Crippen molar-refractivity contribution < 1.29 is 9.53 Å². The quantitative estimate of drug-likeness (QED) is 0.772. The molecule has 3 nitrogen and oxygen atoms in total. The zero-order chi connectivity index (χ0) is 13.4. The Labute approximate surface area is 111 Å². The van der Waals surface area contributed by atoms with Crippen LogP contribution in [-0.4, -0.2) is 24.8 Å². The van der Waals surface area contributed by atoms with Crippen molar-refractivity contribution in [2.24, 2.45) is 4.99 Å². The van der Waals surface area contributed by atoms with E-state index in [2.05, 4.69) is 29.3 Å². The standard InChI is InChI=1S/C16H15NO2/c1-10-14(15(17-10)16(18)19-2)13-9-5-7-11-6-3-4-8-12(11)13/h3-9,14-15H,1-2H3/t14-,15-/m1/s1. The molecule has 0 saturated heterocycles. The van der Waals surface area contributed by atoms with Gasteiger partial charge in [0.25, 0.3) is 0 Å². The van der Waals surface area contributed by atoms with Crippen LogP contribution < -0.4 is 0 Å². The first-order chi connectivity index (χ1) is 9.22. The van der Waals surface area contributed by atoms with Gasteiger partial charge in [-0.3, -0.25) is 4.99 Å². The molecule has 0 N–H and O–H groups in total. The topological polar surface area (TPSA) is 38.7 Å². The summed E-state index contributed by atoms with van der Waals surface area (Å²) in [5.41, 5.74) is 2.15. The summed E-state index contributed by atoms with van der Waals surface area (Å²) in [6.45, 7) is 1.96. The van der Waals surface area contributed by atoms with Crippen LogP contribution in [0.25, 0.3) is 10.8 Å². The number of carbonyl (C=O) groups excluding carboxylic acids is 1. The van der Waals surface area contributed by atoms with Gasteiger partial charge in [0.15, 0.2) is 6.04 Å². The third-order valence-electron chi connectivity index (χ3n) is 3.71. The molecule has 1 aliphatic heterocycles. The Bertz CT molecular complexity index is 670. The van der Waals surface area contributed by atoms with Crippen LogP contribution >= 0.6 is 0 Å². The monoisotopic (exact) mass is 253 g/mol. The van der Waals surface area contributed by atoms with Crippen molar-refractivity contribution in [1.82, 2.24) is 0 Å². The molecule has 19 heavy (non-hydrogen) atoms. The largest absolute Gasteiger partial charge is 0.467 e. The molecule has 0 spiro atoms. The van der Waals surface area contributed by atoms with E-state index < -0.39 is 6.04 Å². The third-order valence-corrected chi connectivity index (χ3v) is 3.71. The SMILES string of the molecule is COC(=O)[C@@H]1N=C(C)[C@@H]1c1cccc2ccccc12. The minimum atomic E-state index is -0.393. The first-order valence-electron chi connectivity index (χ1n) is 6.32. The number of benzene rings is 2. The Kier molecular flexibility index (Phi) is 2.82. The second-order valence-electron chi connectivity index (χ2n) is 4.78. The van der Waals surface area contributed by atoms with Gasteiger partial charge in [-0.25, -0.2) is 4.79 Å². The molecule has 1 aliphatic rings. The number of hydrogen-bond donors (Lipinski definition) is 0. The predicted octanol–water partition coefficient (Wildman–Crippen LogP) is 2.94. The summed E-state index contributed by atoms with van der Waals surface area (Å²) in [5.74, 6) is -0.220. The van der Waals surface area contributed by atoms with Gasteiger partial charge in [0.2, 0.25) is 0 Å². The number of methoxy groups -OCH3 is 1. The Morgan fingerprint density at radius 3 is 2.63 bits per heavy atom. The number of hydrogen-bond acceptors (Lipinski definition) is 3. The van der Waals surface area contributed by atoms with Crippen molar-refractivity contribution >= 4 is 22.5 Å². The number of rotatable bonds is 2. The summed E-state index contributed by atoms with van der Waals surface area (Å²) in [6, 6.07) is 14.0. The van der Waals surface area contributed by atoms with E-state index in [-0.39, 0.29) is 11.9 Å². The molecule has 0 bridgehead atoms. The highest BCUT2D eigenvalue weighted by atomic mass is 16.5. The van der Waals surface area contributed by atoms with E-state index in [0.717, 1.165) is 11.3 Å². The Morgan fingerprint density at radius 1 is 1.16 bits per heavy atom. The highest BCUT2D eigenvalue weighted by Gasteiger charge is 2.39. The van der Waals surface area contributed by atoms with Gasteiger partial charge < -0.3 is 4.74 Å². The maximum absolute atomic E-state index is 11.7. The van der Waals surface area contributed by atoms with Crippen LogP contribution in [0.5, 0.6) is 0 Å². The summed E-state index contributed by atoms with van der Waals surface area (Å²) in [7, 11) is 1.41. The van der Waals surface area contributed by atoms with Gasteiger partial charge in [-0.05, 0) is 23.3 Å². The van der Waals surface area contributed by atoms with Crippen LogP contribution in [0.1, 0.15) is 18.4 Å². The van der Waals surface area contributed by atoms with Crippen LogP contribution in [0.2, 0.25) is 0 Å². The van der Waals surface area contributed by atoms with Crippen molar-refractivity contribution in [2.75, 3.05) is 7.11 Å². The van der Waals surface area contributed by atoms with Gasteiger partial charge in [-0.15, -0.1) is 0 Å². The summed E-state index contributed by atoms with van der Waals surface area (Å²) < 4.78 is 4.82. The van der Waals surface area contributed by atoms with Crippen LogP contribution in [0.4, 0.5) is 0 Å². The molecule has 0 fully saturated rings. The fraction of sp³-hybridized carbons (Fsp3) is 0.250. The second-order valence-corrected chi connectivity index (χ2v) is 4.78. The van der Waals surface area contributed by atoms with Crippen LogP contribution in [0.3, 0.4) is 0 Å². The lowest BCUT2D eigenvalue weighted by molar-refractivity contribution is -0.142. The van der Waals surface area contributed by atoms with Crippen molar-refractivity contribution in [3.63, 3.8) is 0 Å². The minimum absolute atomic E-state index is 0.0403. The van der Waals surface area contributed by atoms with E-state index in [1.165, 1.54) is 17.9 Å². The molecule has 0 unspecified atom stereocenters. The third kappa shape index (κ3) is 1.82. The number of carbonyl (C=O) groups is 1. The van der Waals surface area contributed by atoms with E-state index >= 15 is 0 Å². The average Bonchev–Trinajstić information content (AvgIpc) is 2.44. The maximum Gasteiger partial charge on any atom is 0.331 e. The summed E-state index contributed by atoms with van der Waals surface area (Å²) in [6.07, 6.45) is 0. The van der Waals surface area contributed by atoms with Gasteiger partial charge in [0, 0.05) is 5.71 Å². The zero-order valence-corrected chi connectivity index (χ0v) is 11.0. The number of fused-ring (bicyclic) bond motifs is 1. The van der Waals surface area contributed by atoms with Crippen molar-refractivity contribution in [2.45, 2.75) is 18.9 Å². The smallest absolute Gasteiger partial charge is 0.331 e. The van der Waals surface area contributed by atoms with Crippen molar-refractivity contribution in [1.29, 1.82) is 0 Å². The molecule has 2 aromatic carbocycles. The van der Waals surface area contributed by atoms with Gasteiger partial charge in [-0.2, -0.15) is 0 Å². The molecule has 0 radical (unpaired) electrons.